The van der Waals surface area contributed by atoms with Crippen LogP contribution < -0.4 is 0 Å². The van der Waals surface area contributed by atoms with Crippen LogP contribution in [0.1, 0.15) is 30.1 Å². The Kier molecular flexibility index (Phi) is 3.52. The highest BCUT2D eigenvalue weighted by Gasteiger charge is 2.38. The zero-order valence-corrected chi connectivity index (χ0v) is 14.1. The summed E-state index contributed by atoms with van der Waals surface area (Å²) in [5, 5.41) is 0. The smallest absolute Gasteiger partial charge is 0.429 e. The number of carbonyl (C=O) groups excluding carboxylic acids is 1. The Labute approximate surface area is 147 Å². The average Bonchev–Trinajstić information content (AvgIpc) is 2.97. The third kappa shape index (κ3) is 2.52. The normalized spacial score (nSPS) is 26.8. The highest BCUT2D eigenvalue weighted by atomic mass is 16.7. The number of hydrogen-bond donors (Lipinski definition) is 0. The first-order chi connectivity index (χ1) is 12.3. The van der Waals surface area contributed by atoms with Crippen LogP contribution in [-0.4, -0.2) is 36.8 Å². The quantitative estimate of drug-likeness (QED) is 0.778. The second kappa shape index (κ2) is 5.88. The van der Waals surface area contributed by atoms with E-state index in [1.54, 1.807) is 0 Å². The highest BCUT2D eigenvalue weighted by Crippen LogP contribution is 2.45. The van der Waals surface area contributed by atoms with Gasteiger partial charge in [-0.05, 0) is 43.0 Å². The summed E-state index contributed by atoms with van der Waals surface area (Å²) in [6.07, 6.45) is 1.29. The highest BCUT2D eigenvalue weighted by molar-refractivity contribution is 5.79. The molecule has 3 aliphatic heterocycles. The molecule has 0 spiro atoms. The number of rotatable bonds is 2. The molecule has 4 aliphatic rings. The molecule has 3 heterocycles. The van der Waals surface area contributed by atoms with Crippen molar-refractivity contribution >= 4 is 6.16 Å². The zero-order chi connectivity index (χ0) is 16.8. The van der Waals surface area contributed by atoms with Gasteiger partial charge in [-0.1, -0.05) is 48.5 Å². The maximum absolute atomic E-state index is 12.5. The minimum Gasteiger partial charge on any atom is -0.429 e. The van der Waals surface area contributed by atoms with Crippen LogP contribution in [0.5, 0.6) is 0 Å². The van der Waals surface area contributed by atoms with Crippen molar-refractivity contribution in [2.45, 2.75) is 25.0 Å². The fourth-order valence-corrected chi connectivity index (χ4v) is 4.53. The van der Waals surface area contributed by atoms with Crippen molar-refractivity contribution in [3.05, 3.63) is 59.7 Å². The number of piperidine rings is 3. The van der Waals surface area contributed by atoms with Gasteiger partial charge in [0.15, 0.2) is 6.10 Å². The number of fused-ring (bicyclic) bond motifs is 6. The molecule has 1 aliphatic carbocycles. The van der Waals surface area contributed by atoms with E-state index in [1.165, 1.54) is 0 Å². The Morgan fingerprint density at radius 2 is 1.48 bits per heavy atom. The molecule has 25 heavy (non-hydrogen) atoms. The monoisotopic (exact) mass is 335 g/mol. The summed E-state index contributed by atoms with van der Waals surface area (Å²) >= 11 is 0. The molecular formula is C21H21NO3. The van der Waals surface area contributed by atoms with E-state index in [9.17, 15) is 4.79 Å². The molecule has 3 fully saturated rings. The van der Waals surface area contributed by atoms with Crippen LogP contribution in [-0.2, 0) is 9.47 Å². The number of nitrogens with zero attached hydrogens (tertiary/aromatic N) is 1. The fourth-order valence-electron chi connectivity index (χ4n) is 4.53. The minimum absolute atomic E-state index is 0.0260. The molecule has 4 heteroatoms. The maximum Gasteiger partial charge on any atom is 0.509 e. The Morgan fingerprint density at radius 1 is 0.880 bits per heavy atom. The van der Waals surface area contributed by atoms with E-state index in [2.05, 4.69) is 17.0 Å². The molecule has 0 unspecified atom stereocenters. The lowest BCUT2D eigenvalue weighted by Crippen LogP contribution is -2.52. The Morgan fingerprint density at radius 3 is 2.04 bits per heavy atom. The van der Waals surface area contributed by atoms with Crippen LogP contribution >= 0.6 is 0 Å². The molecule has 2 aromatic carbocycles. The summed E-state index contributed by atoms with van der Waals surface area (Å²) in [6, 6.07) is 16.2. The lowest BCUT2D eigenvalue weighted by atomic mass is 9.86. The number of benzene rings is 2. The molecule has 2 aromatic rings. The van der Waals surface area contributed by atoms with Crippen molar-refractivity contribution in [2.24, 2.45) is 5.92 Å². The Balaban J connectivity index is 1.36. The maximum atomic E-state index is 12.5. The second-order valence-corrected chi connectivity index (χ2v) is 7.22. The van der Waals surface area contributed by atoms with Gasteiger partial charge in [-0.15, -0.1) is 0 Å². The second-order valence-electron chi connectivity index (χ2n) is 7.22. The van der Waals surface area contributed by atoms with E-state index in [-0.39, 0.29) is 12.2 Å². The van der Waals surface area contributed by atoms with Crippen LogP contribution in [0.2, 0.25) is 0 Å². The van der Waals surface area contributed by atoms with Gasteiger partial charge in [0.05, 0.1) is 0 Å². The molecular weight excluding hydrogens is 314 g/mol. The topological polar surface area (TPSA) is 38.8 Å². The van der Waals surface area contributed by atoms with E-state index >= 15 is 0 Å². The van der Waals surface area contributed by atoms with Crippen molar-refractivity contribution in [1.29, 1.82) is 0 Å². The van der Waals surface area contributed by atoms with Crippen molar-refractivity contribution in [3.8, 4) is 11.1 Å². The molecule has 0 radical (unpaired) electrons. The van der Waals surface area contributed by atoms with Gasteiger partial charge in [-0.2, -0.15) is 0 Å². The standard InChI is InChI=1S/C21H21NO3/c23-21(24-19-13-22-11-9-14(19)10-12-22)25-20-17-7-3-1-5-15(17)16-6-2-4-8-18(16)20/h1-8,14,19-20H,9-13H2/t19-/m0/s1. The lowest BCUT2D eigenvalue weighted by molar-refractivity contribution is -0.0639. The summed E-state index contributed by atoms with van der Waals surface area (Å²) in [5.41, 5.74) is 4.35. The van der Waals surface area contributed by atoms with Gasteiger partial charge in [0.2, 0.25) is 0 Å². The molecule has 2 bridgehead atoms. The molecule has 4 nitrogen and oxygen atoms in total. The van der Waals surface area contributed by atoms with Gasteiger partial charge in [0, 0.05) is 17.7 Å². The lowest BCUT2D eigenvalue weighted by Gasteiger charge is -2.43. The Hall–Kier alpha value is -2.33. The van der Waals surface area contributed by atoms with Crippen molar-refractivity contribution < 1.29 is 14.3 Å². The molecule has 0 amide bonds. The summed E-state index contributed by atoms with van der Waals surface area (Å²) in [7, 11) is 0. The van der Waals surface area contributed by atoms with E-state index in [0.29, 0.717) is 5.92 Å². The van der Waals surface area contributed by atoms with Gasteiger partial charge in [0.25, 0.3) is 0 Å². The molecule has 1 atom stereocenters. The Bertz CT molecular complexity index is 765. The first kappa shape index (κ1) is 15.0. The SMILES string of the molecule is O=C(OC1c2ccccc2-c2ccccc21)O[C@H]1CN2CCC1CC2. The van der Waals surface area contributed by atoms with Crippen molar-refractivity contribution in [3.63, 3.8) is 0 Å². The zero-order valence-electron chi connectivity index (χ0n) is 14.1. The predicted octanol–water partition coefficient (Wildman–Crippen LogP) is 4.00. The third-order valence-corrected chi connectivity index (χ3v) is 5.83. The minimum atomic E-state index is -0.546. The van der Waals surface area contributed by atoms with E-state index < -0.39 is 6.16 Å². The summed E-state index contributed by atoms with van der Waals surface area (Å²) in [6.45, 7) is 3.10. The van der Waals surface area contributed by atoms with Crippen LogP contribution in [0.15, 0.2) is 48.5 Å². The largest absolute Gasteiger partial charge is 0.509 e. The van der Waals surface area contributed by atoms with Gasteiger partial charge >= 0.3 is 6.16 Å². The van der Waals surface area contributed by atoms with Crippen LogP contribution in [0.3, 0.4) is 0 Å². The molecule has 6 rings (SSSR count). The molecule has 0 N–H and O–H groups in total. The molecule has 0 aromatic heterocycles. The molecule has 128 valence electrons. The predicted molar refractivity (Wildman–Crippen MR) is 94.2 cm³/mol. The summed E-state index contributed by atoms with van der Waals surface area (Å²) < 4.78 is 11.5. The first-order valence-corrected chi connectivity index (χ1v) is 9.07. The van der Waals surface area contributed by atoms with Gasteiger partial charge < -0.3 is 9.47 Å². The van der Waals surface area contributed by atoms with Gasteiger partial charge in [-0.3, -0.25) is 4.90 Å². The van der Waals surface area contributed by atoms with Crippen LogP contribution in [0, 0.1) is 5.92 Å². The molecule has 3 saturated heterocycles. The summed E-state index contributed by atoms with van der Waals surface area (Å²) in [4.78, 5) is 14.9. The number of carbonyl (C=O) groups is 1. The van der Waals surface area contributed by atoms with Gasteiger partial charge in [0.1, 0.15) is 6.10 Å². The average molecular weight is 335 g/mol. The van der Waals surface area contributed by atoms with E-state index in [1.807, 2.05) is 36.4 Å². The third-order valence-electron chi connectivity index (χ3n) is 5.83. The van der Waals surface area contributed by atoms with Crippen molar-refractivity contribution in [1.82, 2.24) is 4.90 Å². The summed E-state index contributed by atoms with van der Waals surface area (Å²) in [5.74, 6) is 0.487. The number of ether oxygens (including phenoxy) is 2. The van der Waals surface area contributed by atoms with Gasteiger partial charge in [-0.25, -0.2) is 4.79 Å². The fraction of sp³-hybridized carbons (Fsp3) is 0.381. The van der Waals surface area contributed by atoms with Crippen LogP contribution in [0.25, 0.3) is 11.1 Å². The molecule has 0 saturated carbocycles. The number of hydrogen-bond acceptors (Lipinski definition) is 4. The van der Waals surface area contributed by atoms with E-state index in [4.69, 9.17) is 9.47 Å². The van der Waals surface area contributed by atoms with E-state index in [0.717, 1.165) is 54.7 Å². The van der Waals surface area contributed by atoms with Crippen LogP contribution in [0.4, 0.5) is 4.79 Å². The first-order valence-electron chi connectivity index (χ1n) is 9.07. The van der Waals surface area contributed by atoms with Crippen molar-refractivity contribution in [2.75, 3.05) is 19.6 Å².